The minimum absolute atomic E-state index is 0.0792. The molecule has 0 aliphatic carbocycles. The van der Waals surface area contributed by atoms with Crippen molar-refractivity contribution < 1.29 is 23.9 Å². The smallest absolute Gasteiger partial charge is 0.306 e. The first-order valence-corrected chi connectivity index (χ1v) is 3.99. The molecule has 0 aromatic rings. The fourth-order valence-electron chi connectivity index (χ4n) is 1.31. The van der Waals surface area contributed by atoms with Gasteiger partial charge in [0.1, 0.15) is 13.2 Å². The average Bonchev–Trinajstić information content (AvgIpc) is 1.81. The summed E-state index contributed by atoms with van der Waals surface area (Å²) >= 11 is 0. The lowest BCUT2D eigenvalue weighted by molar-refractivity contribution is -0.877. The van der Waals surface area contributed by atoms with Crippen LogP contribution in [0.2, 0.25) is 0 Å². The van der Waals surface area contributed by atoms with Gasteiger partial charge >= 0.3 is 5.97 Å². The van der Waals surface area contributed by atoms with E-state index in [4.69, 9.17) is 5.11 Å². The Balaban J connectivity index is 4.36. The summed E-state index contributed by atoms with van der Waals surface area (Å²) in [6.07, 6.45) is -0.557. The average molecular weight is 194 g/mol. The van der Waals surface area contributed by atoms with Crippen LogP contribution in [0, 0.1) is 0 Å². The molecule has 0 aliphatic heterocycles. The molecule has 13 heavy (non-hydrogen) atoms. The number of hydrogen-bond acceptors (Lipinski definition) is 2. The summed E-state index contributed by atoms with van der Waals surface area (Å²) in [5, 5.41) is 18.0. The summed E-state index contributed by atoms with van der Waals surface area (Å²) in [4.78, 5) is 10.3. The number of hydrogen-bond donors (Lipinski definition) is 2. The van der Waals surface area contributed by atoms with Gasteiger partial charge in [0.2, 0.25) is 0 Å². The Morgan fingerprint density at radius 3 is 2.15 bits per heavy atom. The molecule has 0 aliphatic rings. The van der Waals surface area contributed by atoms with E-state index in [0.717, 1.165) is 0 Å². The monoisotopic (exact) mass is 194 g/mol. The molecule has 0 amide bonds. The van der Waals surface area contributed by atoms with Crippen LogP contribution in [-0.4, -0.2) is 60.6 Å². The quantitative estimate of drug-likeness (QED) is 0.599. The van der Waals surface area contributed by atoms with Crippen LogP contribution in [0.15, 0.2) is 0 Å². The fraction of sp³-hybridized carbons (Fsp3) is 0.875. The molecule has 0 heterocycles. The van der Waals surface area contributed by atoms with Gasteiger partial charge in [0.25, 0.3) is 0 Å². The Bertz CT molecular complexity index is 190. The zero-order chi connectivity index (χ0) is 10.7. The third-order valence-electron chi connectivity index (χ3n) is 1.50. The summed E-state index contributed by atoms with van der Waals surface area (Å²) in [5.74, 6) is -1.19. The predicted molar refractivity (Wildman–Crippen MR) is 46.1 cm³/mol. The van der Waals surface area contributed by atoms with Crippen LogP contribution in [0.5, 0.6) is 0 Å². The number of aliphatic hydroxyl groups is 1. The molecule has 0 fully saturated rings. The minimum atomic E-state index is -1.75. The first-order valence-electron chi connectivity index (χ1n) is 3.99. The van der Waals surface area contributed by atoms with Gasteiger partial charge < -0.3 is 14.7 Å². The summed E-state index contributed by atoms with van der Waals surface area (Å²) in [6, 6.07) is 0. The van der Waals surface area contributed by atoms with Gasteiger partial charge in [-0.25, -0.2) is 4.39 Å². The van der Waals surface area contributed by atoms with Gasteiger partial charge in [0.15, 0.2) is 5.60 Å². The molecular formula is C8H17FNO3+. The first-order chi connectivity index (χ1) is 5.68. The first kappa shape index (κ1) is 12.3. The Kier molecular flexibility index (Phi) is 3.81. The molecule has 0 saturated heterocycles. The van der Waals surface area contributed by atoms with Crippen LogP contribution < -0.4 is 0 Å². The topological polar surface area (TPSA) is 57.5 Å². The molecule has 0 aromatic heterocycles. The van der Waals surface area contributed by atoms with Crippen LogP contribution in [-0.2, 0) is 4.79 Å². The van der Waals surface area contributed by atoms with Gasteiger partial charge in [-0.3, -0.25) is 4.79 Å². The van der Waals surface area contributed by atoms with E-state index in [-0.39, 0.29) is 6.54 Å². The second kappa shape index (κ2) is 4.02. The van der Waals surface area contributed by atoms with Crippen LogP contribution >= 0.6 is 0 Å². The Morgan fingerprint density at radius 1 is 1.46 bits per heavy atom. The molecule has 0 aromatic carbocycles. The molecule has 0 radical (unpaired) electrons. The maximum atomic E-state index is 12.4. The van der Waals surface area contributed by atoms with Crippen molar-refractivity contribution in [1.82, 2.24) is 0 Å². The van der Waals surface area contributed by atoms with Crippen molar-refractivity contribution in [3.05, 3.63) is 0 Å². The van der Waals surface area contributed by atoms with Crippen LogP contribution in [0.25, 0.3) is 0 Å². The Labute approximate surface area is 77.2 Å². The van der Waals surface area contributed by atoms with Crippen LogP contribution in [0.3, 0.4) is 0 Å². The highest BCUT2D eigenvalue weighted by Gasteiger charge is 2.36. The summed E-state index contributed by atoms with van der Waals surface area (Å²) < 4.78 is 12.7. The highest BCUT2D eigenvalue weighted by Crippen LogP contribution is 2.14. The van der Waals surface area contributed by atoms with Crippen molar-refractivity contribution in [2.45, 2.75) is 12.0 Å². The third kappa shape index (κ3) is 5.54. The maximum absolute atomic E-state index is 12.4. The van der Waals surface area contributed by atoms with E-state index in [1.807, 2.05) is 0 Å². The van der Waals surface area contributed by atoms with Gasteiger partial charge in [0, 0.05) is 0 Å². The van der Waals surface area contributed by atoms with Crippen molar-refractivity contribution in [1.29, 1.82) is 0 Å². The second-order valence-corrected chi connectivity index (χ2v) is 4.38. The van der Waals surface area contributed by atoms with Gasteiger partial charge in [-0.2, -0.15) is 0 Å². The summed E-state index contributed by atoms with van der Waals surface area (Å²) in [7, 11) is 5.30. The molecule has 78 valence electrons. The van der Waals surface area contributed by atoms with E-state index < -0.39 is 24.7 Å². The molecule has 0 bridgehead atoms. The van der Waals surface area contributed by atoms with Gasteiger partial charge in [0.05, 0.1) is 27.6 Å². The number of likely N-dealkylation sites (N-methyl/N-ethyl adjacent to an activating group) is 1. The highest BCUT2D eigenvalue weighted by atomic mass is 19.1. The van der Waals surface area contributed by atoms with E-state index in [1.54, 1.807) is 21.1 Å². The minimum Gasteiger partial charge on any atom is -0.481 e. The molecule has 0 rings (SSSR count). The second-order valence-electron chi connectivity index (χ2n) is 4.38. The number of carbonyl (C=O) groups is 1. The number of halogens is 1. The molecule has 0 spiro atoms. The van der Waals surface area contributed by atoms with Crippen molar-refractivity contribution >= 4 is 5.97 Å². The number of quaternary nitrogens is 1. The highest BCUT2D eigenvalue weighted by molar-refractivity contribution is 5.68. The molecule has 5 heteroatoms. The van der Waals surface area contributed by atoms with Crippen molar-refractivity contribution in [2.75, 3.05) is 34.4 Å². The Hall–Kier alpha value is -0.680. The van der Waals surface area contributed by atoms with Gasteiger partial charge in [-0.1, -0.05) is 0 Å². The van der Waals surface area contributed by atoms with Crippen molar-refractivity contribution in [3.63, 3.8) is 0 Å². The fourth-order valence-corrected chi connectivity index (χ4v) is 1.31. The lowest BCUT2D eigenvalue weighted by Gasteiger charge is -2.32. The normalized spacial score (nSPS) is 16.7. The molecule has 4 nitrogen and oxygen atoms in total. The third-order valence-corrected chi connectivity index (χ3v) is 1.50. The number of carboxylic acid groups (broad SMARTS) is 1. The van der Waals surface area contributed by atoms with Crippen LogP contribution in [0.1, 0.15) is 6.42 Å². The predicted octanol–water partition coefficient (Wildman–Crippen LogP) is -0.132. The number of aliphatic carboxylic acids is 1. The molecule has 0 saturated carbocycles. The zero-order valence-corrected chi connectivity index (χ0v) is 8.25. The summed E-state index contributed by atoms with van der Waals surface area (Å²) in [5.41, 5.74) is -1.75. The molecule has 1 atom stereocenters. The van der Waals surface area contributed by atoms with E-state index in [1.165, 1.54) is 0 Å². The molecular weight excluding hydrogens is 177 g/mol. The van der Waals surface area contributed by atoms with Gasteiger partial charge in [-0.15, -0.1) is 0 Å². The molecule has 0 unspecified atom stereocenters. The van der Waals surface area contributed by atoms with Crippen LogP contribution in [0.4, 0.5) is 4.39 Å². The number of rotatable bonds is 5. The largest absolute Gasteiger partial charge is 0.481 e. The lowest BCUT2D eigenvalue weighted by atomic mass is 10.0. The molecule has 2 N–H and O–H groups in total. The van der Waals surface area contributed by atoms with E-state index in [0.29, 0.717) is 4.48 Å². The SMILES string of the molecule is C[N+](C)(C)C[C@@](O)(CF)CC(=O)O. The van der Waals surface area contributed by atoms with Crippen molar-refractivity contribution in [3.8, 4) is 0 Å². The van der Waals surface area contributed by atoms with E-state index in [9.17, 15) is 14.3 Å². The number of carboxylic acids is 1. The summed E-state index contributed by atoms with van der Waals surface area (Å²) in [6.45, 7) is -0.954. The lowest BCUT2D eigenvalue weighted by Crippen LogP contribution is -2.51. The van der Waals surface area contributed by atoms with E-state index in [2.05, 4.69) is 0 Å². The van der Waals surface area contributed by atoms with Crippen molar-refractivity contribution in [2.24, 2.45) is 0 Å². The Morgan fingerprint density at radius 2 is 1.92 bits per heavy atom. The zero-order valence-electron chi connectivity index (χ0n) is 8.25. The van der Waals surface area contributed by atoms with Gasteiger partial charge in [-0.05, 0) is 0 Å². The standard InChI is InChI=1S/C8H16FNO3/c1-10(2,3)6-8(13,5-9)4-7(11)12/h13H,4-6H2,1-3H3/p+1/t8-/m0/s1. The maximum Gasteiger partial charge on any atom is 0.306 e. The van der Waals surface area contributed by atoms with E-state index >= 15 is 0 Å². The number of nitrogens with zero attached hydrogens (tertiary/aromatic N) is 1. The number of alkyl halides is 1.